The van der Waals surface area contributed by atoms with Crippen LogP contribution in [0.15, 0.2) is 54.6 Å². The lowest BCUT2D eigenvalue weighted by molar-refractivity contribution is -0.150. The Morgan fingerprint density at radius 1 is 1.11 bits per heavy atom. The first-order valence-electron chi connectivity index (χ1n) is 9.84. The highest BCUT2D eigenvalue weighted by molar-refractivity contribution is 5.83. The lowest BCUT2D eigenvalue weighted by Crippen LogP contribution is -2.46. The number of ether oxygens (including phenoxy) is 2. The number of methoxy groups -OCH3 is 1. The maximum absolute atomic E-state index is 13.1. The van der Waals surface area contributed by atoms with Gasteiger partial charge in [-0.15, -0.1) is 0 Å². The maximum atomic E-state index is 13.1. The van der Waals surface area contributed by atoms with Crippen molar-refractivity contribution in [2.45, 2.75) is 38.6 Å². The third-order valence-electron chi connectivity index (χ3n) is 5.18. The molecule has 5 nitrogen and oxygen atoms in total. The summed E-state index contributed by atoms with van der Waals surface area (Å²) in [6.07, 6.45) is 2.68. The van der Waals surface area contributed by atoms with Crippen molar-refractivity contribution in [3.05, 3.63) is 60.2 Å². The molecule has 3 rings (SSSR count). The van der Waals surface area contributed by atoms with Gasteiger partial charge in [-0.1, -0.05) is 49.7 Å². The molecule has 0 aliphatic carbocycles. The highest BCUT2D eigenvalue weighted by Gasteiger charge is 2.42. The van der Waals surface area contributed by atoms with Crippen LogP contribution in [-0.4, -0.2) is 30.4 Å². The Labute approximate surface area is 166 Å². The van der Waals surface area contributed by atoms with Gasteiger partial charge in [0.25, 0.3) is 0 Å². The summed E-state index contributed by atoms with van der Waals surface area (Å²) in [5, 5.41) is 0. The summed E-state index contributed by atoms with van der Waals surface area (Å²) in [7, 11) is 1.61. The summed E-state index contributed by atoms with van der Waals surface area (Å²) >= 11 is 0. The third kappa shape index (κ3) is 4.35. The second-order valence-electron chi connectivity index (χ2n) is 7.01. The largest absolute Gasteiger partial charge is 0.496 e. The Hall–Kier alpha value is -2.82. The molecule has 28 heavy (non-hydrogen) atoms. The van der Waals surface area contributed by atoms with Crippen LogP contribution in [0.25, 0.3) is 0 Å². The average Bonchev–Trinajstić information content (AvgIpc) is 2.73. The summed E-state index contributed by atoms with van der Waals surface area (Å²) in [6, 6.07) is 16.3. The predicted octanol–water partition coefficient (Wildman–Crippen LogP) is 4.38. The zero-order valence-electron chi connectivity index (χ0n) is 16.5. The molecule has 0 N–H and O–H groups in total. The SMILES string of the molecule is CCCCN1C(=O)CC[C@@H](C(=O)Oc2ccccc2)[C@@H]1c1ccccc1OC. The summed E-state index contributed by atoms with van der Waals surface area (Å²) < 4.78 is 11.2. The van der Waals surface area contributed by atoms with Crippen molar-refractivity contribution in [3.63, 3.8) is 0 Å². The number of carbonyl (C=O) groups is 2. The number of carbonyl (C=O) groups excluding carboxylic acids is 2. The Morgan fingerprint density at radius 2 is 1.82 bits per heavy atom. The minimum Gasteiger partial charge on any atom is -0.496 e. The van der Waals surface area contributed by atoms with E-state index in [1.54, 1.807) is 19.2 Å². The molecular weight excluding hydrogens is 354 g/mol. The van der Waals surface area contributed by atoms with Crippen molar-refractivity contribution in [3.8, 4) is 11.5 Å². The first-order chi connectivity index (χ1) is 13.7. The topological polar surface area (TPSA) is 55.8 Å². The Bertz CT molecular complexity index is 805. The number of benzene rings is 2. The Morgan fingerprint density at radius 3 is 2.54 bits per heavy atom. The van der Waals surface area contributed by atoms with E-state index in [9.17, 15) is 9.59 Å². The van der Waals surface area contributed by atoms with Gasteiger partial charge >= 0.3 is 5.97 Å². The van der Waals surface area contributed by atoms with Gasteiger partial charge in [-0.3, -0.25) is 9.59 Å². The zero-order valence-corrected chi connectivity index (χ0v) is 16.5. The smallest absolute Gasteiger partial charge is 0.316 e. The van der Waals surface area contributed by atoms with E-state index in [1.165, 1.54) is 0 Å². The number of amides is 1. The molecular formula is C23H27NO4. The van der Waals surface area contributed by atoms with Crippen LogP contribution < -0.4 is 9.47 Å². The van der Waals surface area contributed by atoms with Crippen LogP contribution in [0.5, 0.6) is 11.5 Å². The van der Waals surface area contributed by atoms with Gasteiger partial charge in [0, 0.05) is 18.5 Å². The molecule has 1 aliphatic rings. The Kier molecular flexibility index (Phi) is 6.69. The zero-order chi connectivity index (χ0) is 19.9. The molecule has 1 aliphatic heterocycles. The van der Waals surface area contributed by atoms with E-state index < -0.39 is 5.92 Å². The number of hydrogen-bond acceptors (Lipinski definition) is 4. The van der Waals surface area contributed by atoms with Crippen molar-refractivity contribution >= 4 is 11.9 Å². The molecule has 1 heterocycles. The number of piperidine rings is 1. The number of unbranched alkanes of at least 4 members (excludes halogenated alkanes) is 1. The van der Waals surface area contributed by atoms with Crippen molar-refractivity contribution in [1.29, 1.82) is 0 Å². The lowest BCUT2D eigenvalue weighted by Gasteiger charge is -2.40. The molecule has 2 aromatic carbocycles. The van der Waals surface area contributed by atoms with Crippen LogP contribution in [-0.2, 0) is 9.59 Å². The highest BCUT2D eigenvalue weighted by atomic mass is 16.5. The van der Waals surface area contributed by atoms with Gasteiger partial charge in [-0.2, -0.15) is 0 Å². The fourth-order valence-electron chi connectivity index (χ4n) is 3.77. The summed E-state index contributed by atoms with van der Waals surface area (Å²) in [6.45, 7) is 2.71. The standard InChI is InChI=1S/C23H27NO4/c1-3-4-16-24-21(25)15-14-19(23(26)28-17-10-6-5-7-11-17)22(24)18-12-8-9-13-20(18)27-2/h5-13,19,22H,3-4,14-16H2,1-2H3/t19-,22+/m1/s1. The maximum Gasteiger partial charge on any atom is 0.316 e. The highest BCUT2D eigenvalue weighted by Crippen LogP contribution is 2.41. The molecule has 0 aromatic heterocycles. The molecule has 0 unspecified atom stereocenters. The van der Waals surface area contributed by atoms with Crippen LogP contribution >= 0.6 is 0 Å². The molecule has 0 bridgehead atoms. The first-order valence-corrected chi connectivity index (χ1v) is 9.84. The van der Waals surface area contributed by atoms with Crippen molar-refractivity contribution < 1.29 is 19.1 Å². The number of esters is 1. The molecule has 148 valence electrons. The first kappa shape index (κ1) is 19.9. The van der Waals surface area contributed by atoms with Gasteiger partial charge in [0.15, 0.2) is 0 Å². The average molecular weight is 381 g/mol. The van der Waals surface area contributed by atoms with E-state index in [2.05, 4.69) is 6.92 Å². The molecule has 0 radical (unpaired) electrons. The van der Waals surface area contributed by atoms with Gasteiger partial charge in [-0.25, -0.2) is 0 Å². The van der Waals surface area contributed by atoms with Crippen LogP contribution in [0.2, 0.25) is 0 Å². The molecule has 1 amide bonds. The quantitative estimate of drug-likeness (QED) is 0.528. The third-order valence-corrected chi connectivity index (χ3v) is 5.18. The van der Waals surface area contributed by atoms with Crippen LogP contribution in [0.1, 0.15) is 44.2 Å². The predicted molar refractivity (Wildman–Crippen MR) is 107 cm³/mol. The molecule has 1 saturated heterocycles. The second kappa shape index (κ2) is 9.40. The second-order valence-corrected chi connectivity index (χ2v) is 7.01. The van der Waals surface area contributed by atoms with E-state index in [0.717, 1.165) is 18.4 Å². The molecule has 2 atom stereocenters. The summed E-state index contributed by atoms with van der Waals surface area (Å²) in [5.74, 6) is 0.528. The van der Waals surface area contributed by atoms with E-state index in [0.29, 0.717) is 30.9 Å². The monoisotopic (exact) mass is 381 g/mol. The minimum absolute atomic E-state index is 0.0770. The number of rotatable bonds is 7. The molecule has 5 heteroatoms. The van der Waals surface area contributed by atoms with E-state index in [1.807, 2.05) is 47.4 Å². The molecule has 1 fully saturated rings. The lowest BCUT2D eigenvalue weighted by atomic mass is 9.83. The van der Waals surface area contributed by atoms with Crippen molar-refractivity contribution in [2.75, 3.05) is 13.7 Å². The Balaban J connectivity index is 1.96. The summed E-state index contributed by atoms with van der Waals surface area (Å²) in [4.78, 5) is 27.7. The van der Waals surface area contributed by atoms with E-state index >= 15 is 0 Å². The normalized spacial score (nSPS) is 19.4. The van der Waals surface area contributed by atoms with Gasteiger partial charge in [0.1, 0.15) is 11.5 Å². The van der Waals surface area contributed by atoms with Crippen molar-refractivity contribution in [2.24, 2.45) is 5.92 Å². The molecule has 0 spiro atoms. The van der Waals surface area contributed by atoms with Gasteiger partial charge < -0.3 is 14.4 Å². The number of nitrogens with zero attached hydrogens (tertiary/aromatic N) is 1. The number of likely N-dealkylation sites (tertiary alicyclic amines) is 1. The summed E-state index contributed by atoms with van der Waals surface area (Å²) in [5.41, 5.74) is 0.851. The van der Waals surface area contributed by atoms with Gasteiger partial charge in [0.05, 0.1) is 19.1 Å². The van der Waals surface area contributed by atoms with Crippen LogP contribution in [0.3, 0.4) is 0 Å². The molecule has 0 saturated carbocycles. The fraction of sp³-hybridized carbons (Fsp3) is 0.391. The molecule has 2 aromatic rings. The number of hydrogen-bond donors (Lipinski definition) is 0. The fourth-order valence-corrected chi connectivity index (χ4v) is 3.77. The minimum atomic E-state index is -0.439. The number of para-hydroxylation sites is 2. The van der Waals surface area contributed by atoms with E-state index in [4.69, 9.17) is 9.47 Å². The van der Waals surface area contributed by atoms with Gasteiger partial charge in [0.2, 0.25) is 5.91 Å². The van der Waals surface area contributed by atoms with Crippen LogP contribution in [0.4, 0.5) is 0 Å². The van der Waals surface area contributed by atoms with Crippen molar-refractivity contribution in [1.82, 2.24) is 4.90 Å². The van der Waals surface area contributed by atoms with Gasteiger partial charge in [-0.05, 0) is 31.0 Å². The van der Waals surface area contributed by atoms with Crippen LogP contribution in [0, 0.1) is 5.92 Å². The van der Waals surface area contributed by atoms with E-state index in [-0.39, 0.29) is 17.9 Å².